The number of hydrogen-bond acceptors (Lipinski definition) is 2. The van der Waals surface area contributed by atoms with Crippen LogP contribution < -0.4 is 0 Å². The van der Waals surface area contributed by atoms with Crippen LogP contribution in [0.3, 0.4) is 0 Å². The molecule has 134 valence electrons. The highest BCUT2D eigenvalue weighted by atomic mass is 16.3. The molecule has 3 aliphatic rings. The maximum Gasteiger partial charge on any atom is 0.0809 e. The third-order valence-corrected chi connectivity index (χ3v) is 7.14. The fraction of sp³-hybridized carbons (Fsp3) is 0.727. The van der Waals surface area contributed by atoms with Crippen molar-refractivity contribution in [2.45, 2.75) is 77.9 Å². The summed E-state index contributed by atoms with van der Waals surface area (Å²) in [6.07, 6.45) is 11.1. The molecule has 3 aliphatic carbocycles. The van der Waals surface area contributed by atoms with Crippen molar-refractivity contribution in [3.8, 4) is 0 Å². The first-order chi connectivity index (χ1) is 11.3. The van der Waals surface area contributed by atoms with E-state index in [1.165, 1.54) is 32.1 Å². The molecule has 2 nitrogen and oxygen atoms in total. The minimum absolute atomic E-state index is 0.469. The summed E-state index contributed by atoms with van der Waals surface area (Å²) >= 11 is 0. The fourth-order valence-electron chi connectivity index (χ4n) is 5.80. The first-order valence-corrected chi connectivity index (χ1v) is 9.76. The van der Waals surface area contributed by atoms with E-state index in [1.807, 2.05) is 0 Å². The molecular weight excluding hydrogens is 296 g/mol. The summed E-state index contributed by atoms with van der Waals surface area (Å²) in [7, 11) is 0. The standard InChI is InChI=1S/C22H34O2/c1-14(2)18-9-10-19-17(6-5-11-22(18,19)4)8-7-16-12-20(23)15(3)21(24)13-16/h7-8,14,18-21,23-24H,3,5-6,9-13H2,1-2,4H3/b16-7?,17-8+/t18?,19?,20?,21?,22-/m1/s1. The highest BCUT2D eigenvalue weighted by Crippen LogP contribution is 2.59. The lowest BCUT2D eigenvalue weighted by atomic mass is 9.61. The average molecular weight is 331 g/mol. The van der Waals surface area contributed by atoms with Gasteiger partial charge in [0.1, 0.15) is 0 Å². The molecule has 0 bridgehead atoms. The van der Waals surface area contributed by atoms with Crippen LogP contribution in [-0.4, -0.2) is 22.4 Å². The van der Waals surface area contributed by atoms with Gasteiger partial charge in [-0.3, -0.25) is 0 Å². The molecule has 0 radical (unpaired) electrons. The van der Waals surface area contributed by atoms with Gasteiger partial charge in [-0.25, -0.2) is 0 Å². The van der Waals surface area contributed by atoms with Gasteiger partial charge in [-0.2, -0.15) is 0 Å². The third-order valence-electron chi connectivity index (χ3n) is 7.14. The number of fused-ring (bicyclic) bond motifs is 1. The van der Waals surface area contributed by atoms with Crippen molar-refractivity contribution in [1.29, 1.82) is 0 Å². The third kappa shape index (κ3) is 3.15. The van der Waals surface area contributed by atoms with Crippen molar-refractivity contribution in [2.75, 3.05) is 0 Å². The first-order valence-electron chi connectivity index (χ1n) is 9.76. The summed E-state index contributed by atoms with van der Waals surface area (Å²) in [5.74, 6) is 2.34. The molecular formula is C22H34O2. The molecule has 2 N–H and O–H groups in total. The largest absolute Gasteiger partial charge is 0.388 e. The molecule has 5 atom stereocenters. The van der Waals surface area contributed by atoms with Gasteiger partial charge in [0.25, 0.3) is 0 Å². The van der Waals surface area contributed by atoms with Gasteiger partial charge in [-0.05, 0) is 73.7 Å². The molecule has 24 heavy (non-hydrogen) atoms. The topological polar surface area (TPSA) is 40.5 Å². The zero-order valence-electron chi connectivity index (χ0n) is 15.6. The van der Waals surface area contributed by atoms with Crippen LogP contribution in [0, 0.1) is 23.2 Å². The van der Waals surface area contributed by atoms with Gasteiger partial charge < -0.3 is 10.2 Å². The molecule has 3 saturated carbocycles. The smallest absolute Gasteiger partial charge is 0.0809 e. The number of aliphatic hydroxyl groups excluding tert-OH is 2. The minimum atomic E-state index is -0.591. The van der Waals surface area contributed by atoms with Gasteiger partial charge in [0.2, 0.25) is 0 Å². The Labute approximate surface area is 147 Å². The molecule has 0 saturated heterocycles. The lowest BCUT2D eigenvalue weighted by Gasteiger charge is -2.43. The molecule has 2 heteroatoms. The van der Waals surface area contributed by atoms with Gasteiger partial charge in [0.05, 0.1) is 12.2 Å². The zero-order valence-corrected chi connectivity index (χ0v) is 15.6. The molecule has 3 fully saturated rings. The Bertz CT molecular complexity index is 540. The Hall–Kier alpha value is -0.860. The number of hydrogen-bond donors (Lipinski definition) is 2. The molecule has 0 heterocycles. The van der Waals surface area contributed by atoms with Crippen LogP contribution in [0.4, 0.5) is 0 Å². The van der Waals surface area contributed by atoms with E-state index in [2.05, 4.69) is 39.5 Å². The van der Waals surface area contributed by atoms with Crippen LogP contribution in [0.5, 0.6) is 0 Å². The molecule has 0 amide bonds. The Morgan fingerprint density at radius 3 is 2.42 bits per heavy atom. The van der Waals surface area contributed by atoms with Crippen LogP contribution in [0.2, 0.25) is 0 Å². The highest BCUT2D eigenvalue weighted by molar-refractivity contribution is 5.29. The average Bonchev–Trinajstić information content (AvgIpc) is 2.88. The Morgan fingerprint density at radius 2 is 1.79 bits per heavy atom. The van der Waals surface area contributed by atoms with E-state index in [0.717, 1.165) is 23.3 Å². The van der Waals surface area contributed by atoms with Crippen molar-refractivity contribution in [2.24, 2.45) is 23.2 Å². The van der Waals surface area contributed by atoms with Crippen LogP contribution in [0.15, 0.2) is 35.5 Å². The lowest BCUT2D eigenvalue weighted by molar-refractivity contribution is 0.104. The van der Waals surface area contributed by atoms with Gasteiger partial charge in [-0.1, -0.05) is 50.6 Å². The Morgan fingerprint density at radius 1 is 1.12 bits per heavy atom. The molecule has 0 aromatic rings. The van der Waals surface area contributed by atoms with Crippen LogP contribution in [0.25, 0.3) is 0 Å². The highest BCUT2D eigenvalue weighted by Gasteiger charge is 2.49. The van der Waals surface area contributed by atoms with Gasteiger partial charge in [0.15, 0.2) is 0 Å². The van der Waals surface area contributed by atoms with Crippen LogP contribution in [0.1, 0.15) is 65.7 Å². The van der Waals surface area contributed by atoms with Gasteiger partial charge in [-0.15, -0.1) is 0 Å². The van der Waals surface area contributed by atoms with Crippen LogP contribution in [-0.2, 0) is 0 Å². The fourth-order valence-corrected chi connectivity index (χ4v) is 5.80. The van der Waals surface area contributed by atoms with E-state index < -0.39 is 12.2 Å². The second-order valence-electron chi connectivity index (χ2n) is 8.92. The summed E-state index contributed by atoms with van der Waals surface area (Å²) in [6.45, 7) is 11.1. The molecule has 0 aromatic carbocycles. The summed E-state index contributed by atoms with van der Waals surface area (Å²) in [5.41, 5.74) is 3.80. The van der Waals surface area contributed by atoms with E-state index >= 15 is 0 Å². The summed E-state index contributed by atoms with van der Waals surface area (Å²) in [5, 5.41) is 20.0. The van der Waals surface area contributed by atoms with Gasteiger partial charge >= 0.3 is 0 Å². The van der Waals surface area contributed by atoms with Crippen molar-refractivity contribution in [1.82, 2.24) is 0 Å². The molecule has 4 unspecified atom stereocenters. The lowest BCUT2D eigenvalue weighted by Crippen LogP contribution is -2.35. The second kappa shape index (κ2) is 6.80. The van der Waals surface area contributed by atoms with E-state index in [0.29, 0.717) is 23.8 Å². The summed E-state index contributed by atoms with van der Waals surface area (Å²) < 4.78 is 0. The predicted octanol–water partition coefficient (Wildman–Crippen LogP) is 4.78. The Kier molecular flexibility index (Phi) is 5.09. The molecule has 0 aliphatic heterocycles. The quantitative estimate of drug-likeness (QED) is 0.715. The summed E-state index contributed by atoms with van der Waals surface area (Å²) in [6, 6.07) is 0. The predicted molar refractivity (Wildman–Crippen MR) is 99.6 cm³/mol. The minimum Gasteiger partial charge on any atom is -0.388 e. The Balaban J connectivity index is 1.78. The first kappa shape index (κ1) is 17.9. The van der Waals surface area contributed by atoms with E-state index in [9.17, 15) is 10.2 Å². The number of allylic oxidation sites excluding steroid dienone is 3. The number of rotatable bonds is 2. The van der Waals surface area contributed by atoms with E-state index in [4.69, 9.17) is 0 Å². The van der Waals surface area contributed by atoms with Crippen molar-refractivity contribution in [3.05, 3.63) is 35.5 Å². The van der Waals surface area contributed by atoms with Gasteiger partial charge in [0, 0.05) is 0 Å². The molecule has 0 aromatic heterocycles. The maximum absolute atomic E-state index is 10.0. The zero-order chi connectivity index (χ0) is 17.5. The monoisotopic (exact) mass is 330 g/mol. The second-order valence-corrected chi connectivity index (χ2v) is 8.92. The van der Waals surface area contributed by atoms with Crippen molar-refractivity contribution in [3.63, 3.8) is 0 Å². The van der Waals surface area contributed by atoms with Crippen molar-refractivity contribution >= 4 is 0 Å². The maximum atomic E-state index is 10.0. The van der Waals surface area contributed by atoms with E-state index in [1.54, 1.807) is 5.57 Å². The summed E-state index contributed by atoms with van der Waals surface area (Å²) in [4.78, 5) is 0. The number of aliphatic hydroxyl groups is 2. The normalized spacial score (nSPS) is 41.8. The molecule has 0 spiro atoms. The van der Waals surface area contributed by atoms with E-state index in [-0.39, 0.29) is 0 Å². The van der Waals surface area contributed by atoms with Crippen molar-refractivity contribution < 1.29 is 10.2 Å². The molecule has 3 rings (SSSR count). The SMILES string of the molecule is C=C1C(O)CC(=C/C=C2\CCC[C@@]3(C)C2CCC3C(C)C)CC1O. The van der Waals surface area contributed by atoms with Crippen LogP contribution >= 0.6 is 0 Å².